The molecule has 2 aromatic carbocycles. The van der Waals surface area contributed by atoms with Crippen LogP contribution in [0.4, 0.5) is 0 Å². The number of halogens is 1. The van der Waals surface area contributed by atoms with Crippen LogP contribution in [0.5, 0.6) is 0 Å². The van der Waals surface area contributed by atoms with Crippen molar-refractivity contribution in [3.05, 3.63) is 69.5 Å². The van der Waals surface area contributed by atoms with Gasteiger partial charge in [-0.15, -0.1) is 0 Å². The van der Waals surface area contributed by atoms with Gasteiger partial charge in [0, 0.05) is 12.1 Å². The lowest BCUT2D eigenvalue weighted by Gasteiger charge is -2.39. The van der Waals surface area contributed by atoms with Gasteiger partial charge in [0.25, 0.3) is 5.56 Å². The van der Waals surface area contributed by atoms with Crippen LogP contribution in [0.1, 0.15) is 37.7 Å². The van der Waals surface area contributed by atoms with E-state index < -0.39 is 5.54 Å². The minimum Gasteiger partial charge on any atom is -0.326 e. The lowest BCUT2D eigenvalue weighted by Crippen LogP contribution is -2.50. The molecular weight excluding hydrogens is 456 g/mol. The maximum atomic E-state index is 13.3. The number of aromatic nitrogens is 2. The molecule has 6 nitrogen and oxygen atoms in total. The van der Waals surface area contributed by atoms with Gasteiger partial charge in [-0.25, -0.2) is 4.98 Å². The molecule has 1 aliphatic rings. The lowest BCUT2D eigenvalue weighted by molar-refractivity contribution is -0.131. The van der Waals surface area contributed by atoms with Crippen molar-refractivity contribution in [1.82, 2.24) is 14.5 Å². The summed E-state index contributed by atoms with van der Waals surface area (Å²) < 4.78 is 1.57. The summed E-state index contributed by atoms with van der Waals surface area (Å²) >= 11 is 7.57. The smallest absolute Gasteiger partial charge is 0.262 e. The fourth-order valence-corrected chi connectivity index (χ4v) is 5.42. The second kappa shape index (κ2) is 9.98. The first-order chi connectivity index (χ1) is 15.9. The van der Waals surface area contributed by atoms with Crippen molar-refractivity contribution in [2.24, 2.45) is 0 Å². The maximum Gasteiger partial charge on any atom is 0.262 e. The first-order valence-electron chi connectivity index (χ1n) is 11.0. The van der Waals surface area contributed by atoms with Crippen LogP contribution >= 0.6 is 23.4 Å². The summed E-state index contributed by atoms with van der Waals surface area (Å²) in [4.78, 5) is 32.7. The number of nitrogens with zero attached hydrogens (tertiary/aromatic N) is 4. The predicted octanol–water partition coefficient (Wildman–Crippen LogP) is 4.88. The Hall–Kier alpha value is -2.82. The van der Waals surface area contributed by atoms with E-state index in [4.69, 9.17) is 16.6 Å². The van der Waals surface area contributed by atoms with Gasteiger partial charge in [0.1, 0.15) is 5.54 Å². The summed E-state index contributed by atoms with van der Waals surface area (Å²) in [5, 5.41) is 11.4. The average molecular weight is 481 g/mol. The predicted molar refractivity (Wildman–Crippen MR) is 131 cm³/mol. The molecule has 0 saturated heterocycles. The largest absolute Gasteiger partial charge is 0.326 e. The molecule has 1 aromatic heterocycles. The molecule has 170 valence electrons. The molecule has 0 bridgehead atoms. The van der Waals surface area contributed by atoms with Crippen molar-refractivity contribution in [1.29, 1.82) is 5.26 Å². The van der Waals surface area contributed by atoms with Crippen molar-refractivity contribution >= 4 is 40.2 Å². The van der Waals surface area contributed by atoms with Gasteiger partial charge in [-0.3, -0.25) is 14.2 Å². The summed E-state index contributed by atoms with van der Waals surface area (Å²) in [6.07, 6.45) is 4.38. The molecule has 0 radical (unpaired) electrons. The summed E-state index contributed by atoms with van der Waals surface area (Å²) in [7, 11) is 1.71. The standard InChI is InChI=1S/C25H25ClN4O2S/c1-29(25(17-27)13-7-2-8-14-25)22(31)16-33-24-28-21-12-6-4-10-19(21)23(32)30(24)15-18-9-3-5-11-20(18)26/h3-6,9-12H,2,7-8,13-16H2,1H3. The SMILES string of the molecule is CN(C(=O)CSc1nc2ccccc2c(=O)n1Cc1ccccc1Cl)C1(C#N)CCCCC1. The Kier molecular flexibility index (Phi) is 7.06. The third-order valence-corrected chi connectivity index (χ3v) is 7.67. The molecular formula is C25H25ClN4O2S. The van der Waals surface area contributed by atoms with E-state index in [1.54, 1.807) is 34.7 Å². The zero-order valence-electron chi connectivity index (χ0n) is 18.5. The Balaban J connectivity index is 1.64. The molecule has 33 heavy (non-hydrogen) atoms. The molecule has 1 aliphatic carbocycles. The highest BCUT2D eigenvalue weighted by molar-refractivity contribution is 7.99. The van der Waals surface area contributed by atoms with Crippen LogP contribution in [0.3, 0.4) is 0 Å². The molecule has 0 atom stereocenters. The normalized spacial score (nSPS) is 15.2. The van der Waals surface area contributed by atoms with Crippen LogP contribution in [-0.4, -0.2) is 38.7 Å². The Morgan fingerprint density at radius 1 is 1.18 bits per heavy atom. The summed E-state index contributed by atoms with van der Waals surface area (Å²) in [6, 6.07) is 16.9. The van der Waals surface area contributed by atoms with Crippen LogP contribution in [0, 0.1) is 11.3 Å². The lowest BCUT2D eigenvalue weighted by atomic mass is 9.81. The van der Waals surface area contributed by atoms with Crippen LogP contribution in [0.2, 0.25) is 5.02 Å². The minimum atomic E-state index is -0.746. The number of fused-ring (bicyclic) bond motifs is 1. The van der Waals surface area contributed by atoms with E-state index in [2.05, 4.69) is 6.07 Å². The van der Waals surface area contributed by atoms with Gasteiger partial charge in [-0.1, -0.05) is 73.0 Å². The molecule has 0 unspecified atom stereocenters. The Morgan fingerprint density at radius 3 is 2.61 bits per heavy atom. The van der Waals surface area contributed by atoms with Crippen molar-refractivity contribution in [2.45, 2.75) is 49.3 Å². The molecule has 0 N–H and O–H groups in total. The molecule has 3 aromatic rings. The Labute approximate surface area is 202 Å². The van der Waals surface area contributed by atoms with Crippen LogP contribution in [0.15, 0.2) is 58.5 Å². The maximum absolute atomic E-state index is 13.3. The number of thioether (sulfide) groups is 1. The van der Waals surface area contributed by atoms with Crippen LogP contribution in [-0.2, 0) is 11.3 Å². The molecule has 1 heterocycles. The van der Waals surface area contributed by atoms with Crippen LogP contribution in [0.25, 0.3) is 10.9 Å². The van der Waals surface area contributed by atoms with Gasteiger partial charge in [0.05, 0.1) is 29.3 Å². The second-order valence-electron chi connectivity index (χ2n) is 8.34. The number of benzene rings is 2. The van der Waals surface area contributed by atoms with Crippen molar-refractivity contribution < 1.29 is 4.79 Å². The Bertz CT molecular complexity index is 1280. The summed E-state index contributed by atoms with van der Waals surface area (Å²) in [5.41, 5.74) is 0.463. The molecule has 1 fully saturated rings. The monoisotopic (exact) mass is 480 g/mol. The number of hydrogen-bond acceptors (Lipinski definition) is 5. The number of para-hydroxylation sites is 1. The van der Waals surface area contributed by atoms with E-state index in [9.17, 15) is 14.9 Å². The van der Waals surface area contributed by atoms with Gasteiger partial charge in [-0.05, 0) is 36.6 Å². The molecule has 1 saturated carbocycles. The summed E-state index contributed by atoms with van der Waals surface area (Å²) in [5.74, 6) is -0.0529. The Morgan fingerprint density at radius 2 is 1.88 bits per heavy atom. The van der Waals surface area contributed by atoms with Gasteiger partial charge in [0.2, 0.25) is 5.91 Å². The number of rotatable bonds is 6. The third kappa shape index (κ3) is 4.78. The van der Waals surface area contributed by atoms with E-state index in [0.717, 1.165) is 24.8 Å². The minimum absolute atomic E-state index is 0.0905. The van der Waals surface area contributed by atoms with Gasteiger partial charge in [0.15, 0.2) is 5.16 Å². The zero-order chi connectivity index (χ0) is 23.4. The highest BCUT2D eigenvalue weighted by Crippen LogP contribution is 2.33. The molecule has 0 aliphatic heterocycles. The number of nitriles is 1. The van der Waals surface area contributed by atoms with E-state index in [0.29, 0.717) is 33.9 Å². The van der Waals surface area contributed by atoms with Crippen molar-refractivity contribution in [3.63, 3.8) is 0 Å². The first kappa shape index (κ1) is 23.3. The molecule has 0 spiro atoms. The number of carbonyl (C=O) groups is 1. The van der Waals surface area contributed by atoms with Crippen molar-refractivity contribution in [2.75, 3.05) is 12.8 Å². The fraction of sp³-hybridized carbons (Fsp3) is 0.360. The number of carbonyl (C=O) groups excluding carboxylic acids is 1. The average Bonchev–Trinajstić information content (AvgIpc) is 2.85. The van der Waals surface area contributed by atoms with Crippen LogP contribution < -0.4 is 5.56 Å². The fourth-order valence-electron chi connectivity index (χ4n) is 4.31. The second-order valence-corrected chi connectivity index (χ2v) is 9.69. The highest BCUT2D eigenvalue weighted by Gasteiger charge is 2.38. The van der Waals surface area contributed by atoms with E-state index in [-0.39, 0.29) is 23.8 Å². The number of hydrogen-bond donors (Lipinski definition) is 0. The number of amides is 1. The van der Waals surface area contributed by atoms with Crippen molar-refractivity contribution in [3.8, 4) is 6.07 Å². The van der Waals surface area contributed by atoms with Gasteiger partial charge < -0.3 is 4.90 Å². The molecule has 1 amide bonds. The van der Waals surface area contributed by atoms with Gasteiger partial charge >= 0.3 is 0 Å². The van der Waals surface area contributed by atoms with E-state index in [1.807, 2.05) is 30.3 Å². The molecule has 4 rings (SSSR count). The quantitative estimate of drug-likeness (QED) is 0.371. The molecule has 8 heteroatoms. The topological polar surface area (TPSA) is 79.0 Å². The van der Waals surface area contributed by atoms with Gasteiger partial charge in [-0.2, -0.15) is 5.26 Å². The third-order valence-electron chi connectivity index (χ3n) is 6.34. The highest BCUT2D eigenvalue weighted by atomic mass is 35.5. The van der Waals surface area contributed by atoms with E-state index in [1.165, 1.54) is 11.8 Å². The zero-order valence-corrected chi connectivity index (χ0v) is 20.0. The summed E-state index contributed by atoms with van der Waals surface area (Å²) in [6.45, 7) is 0.255. The first-order valence-corrected chi connectivity index (χ1v) is 12.4. The van der Waals surface area contributed by atoms with E-state index >= 15 is 0 Å².